The molecule has 2 amide bonds. The molecular formula is C32H37BrFN3O5S. The molecule has 230 valence electrons. The number of nitrogens with zero attached hydrogens (tertiary/aromatic N) is 2. The summed E-state index contributed by atoms with van der Waals surface area (Å²) in [6, 6.07) is 17.4. The summed E-state index contributed by atoms with van der Waals surface area (Å²) in [6.45, 7) is 3.43. The maximum absolute atomic E-state index is 14.1. The molecule has 3 aromatic rings. The fourth-order valence-electron chi connectivity index (χ4n) is 5.12. The first-order valence-corrected chi connectivity index (χ1v) is 16.7. The molecule has 0 saturated heterocycles. The summed E-state index contributed by atoms with van der Waals surface area (Å²) in [5.74, 6) is -0.892. The van der Waals surface area contributed by atoms with E-state index in [4.69, 9.17) is 4.74 Å². The van der Waals surface area contributed by atoms with Gasteiger partial charge in [-0.25, -0.2) is 12.8 Å². The number of hydrogen-bond acceptors (Lipinski definition) is 5. The predicted octanol–water partition coefficient (Wildman–Crippen LogP) is 6.05. The zero-order valence-electron chi connectivity index (χ0n) is 24.3. The number of ether oxygens (including phenoxy) is 1. The molecule has 1 atom stereocenters. The van der Waals surface area contributed by atoms with Gasteiger partial charge in [0.2, 0.25) is 11.8 Å². The van der Waals surface area contributed by atoms with Crippen LogP contribution in [0.3, 0.4) is 0 Å². The van der Waals surface area contributed by atoms with Gasteiger partial charge in [-0.15, -0.1) is 0 Å². The number of benzene rings is 3. The zero-order valence-corrected chi connectivity index (χ0v) is 26.7. The Hall–Kier alpha value is -3.44. The van der Waals surface area contributed by atoms with Gasteiger partial charge in [0.15, 0.2) is 0 Å². The minimum absolute atomic E-state index is 0.0470. The average Bonchev–Trinajstić information content (AvgIpc) is 2.99. The lowest BCUT2D eigenvalue weighted by Crippen LogP contribution is -2.53. The van der Waals surface area contributed by atoms with Crippen LogP contribution in [0, 0.1) is 5.82 Å². The summed E-state index contributed by atoms with van der Waals surface area (Å²) in [5, 5.41) is 3.09. The summed E-state index contributed by atoms with van der Waals surface area (Å²) in [5.41, 5.74) is 0.997. The van der Waals surface area contributed by atoms with Crippen LogP contribution < -0.4 is 14.4 Å². The van der Waals surface area contributed by atoms with E-state index >= 15 is 0 Å². The molecule has 8 nitrogen and oxygen atoms in total. The van der Waals surface area contributed by atoms with Crippen molar-refractivity contribution in [2.45, 2.75) is 69.5 Å². The van der Waals surface area contributed by atoms with Crippen molar-refractivity contribution < 1.29 is 27.1 Å². The van der Waals surface area contributed by atoms with Crippen molar-refractivity contribution in [1.82, 2.24) is 10.2 Å². The quantitative estimate of drug-likeness (QED) is 0.253. The number of carbonyl (C=O) groups excluding carboxylic acids is 2. The van der Waals surface area contributed by atoms with Crippen LogP contribution >= 0.6 is 15.9 Å². The highest BCUT2D eigenvalue weighted by atomic mass is 79.9. The van der Waals surface area contributed by atoms with E-state index < -0.39 is 34.3 Å². The molecule has 0 heterocycles. The minimum Gasteiger partial charge on any atom is -0.494 e. The van der Waals surface area contributed by atoms with Gasteiger partial charge < -0.3 is 15.0 Å². The van der Waals surface area contributed by atoms with Crippen LogP contribution in [-0.4, -0.2) is 50.4 Å². The van der Waals surface area contributed by atoms with Crippen molar-refractivity contribution in [2.24, 2.45) is 0 Å². The van der Waals surface area contributed by atoms with Gasteiger partial charge in [-0.3, -0.25) is 13.9 Å². The Labute approximate surface area is 261 Å². The van der Waals surface area contributed by atoms with E-state index in [0.717, 1.165) is 70.7 Å². The van der Waals surface area contributed by atoms with Crippen LogP contribution in [0.4, 0.5) is 10.1 Å². The van der Waals surface area contributed by atoms with Crippen LogP contribution in [0.1, 0.15) is 51.5 Å². The summed E-state index contributed by atoms with van der Waals surface area (Å²) in [7, 11) is -4.30. The number of anilines is 1. The van der Waals surface area contributed by atoms with Gasteiger partial charge in [0.05, 0.1) is 17.2 Å². The second-order valence-electron chi connectivity index (χ2n) is 10.6. The van der Waals surface area contributed by atoms with Crippen molar-refractivity contribution >= 4 is 43.5 Å². The fraction of sp³-hybridized carbons (Fsp3) is 0.375. The average molecular weight is 675 g/mol. The van der Waals surface area contributed by atoms with Gasteiger partial charge in [-0.1, -0.05) is 47.3 Å². The highest BCUT2D eigenvalue weighted by Crippen LogP contribution is 2.27. The second-order valence-corrected chi connectivity index (χ2v) is 13.3. The van der Waals surface area contributed by atoms with E-state index in [-0.39, 0.29) is 29.1 Å². The number of nitrogens with one attached hydrogen (secondary N) is 1. The van der Waals surface area contributed by atoms with Crippen LogP contribution in [0.25, 0.3) is 0 Å². The molecule has 43 heavy (non-hydrogen) atoms. The molecule has 4 rings (SSSR count). The third-order valence-corrected chi connectivity index (χ3v) is 9.76. The lowest BCUT2D eigenvalue weighted by atomic mass is 9.95. The number of hydrogen-bond donors (Lipinski definition) is 1. The molecule has 1 aliphatic rings. The van der Waals surface area contributed by atoms with Gasteiger partial charge >= 0.3 is 0 Å². The van der Waals surface area contributed by atoms with Crippen molar-refractivity contribution in [2.75, 3.05) is 17.5 Å². The molecule has 0 bridgehead atoms. The topological polar surface area (TPSA) is 96.0 Å². The first-order valence-electron chi connectivity index (χ1n) is 14.4. The molecule has 11 heteroatoms. The highest BCUT2D eigenvalue weighted by molar-refractivity contribution is 9.10. The Morgan fingerprint density at radius 1 is 1.02 bits per heavy atom. The number of amides is 2. The summed E-state index contributed by atoms with van der Waals surface area (Å²) in [4.78, 5) is 28.8. The molecule has 0 aliphatic heterocycles. The van der Waals surface area contributed by atoms with Crippen LogP contribution in [0.15, 0.2) is 82.2 Å². The van der Waals surface area contributed by atoms with Crippen LogP contribution in [0.2, 0.25) is 0 Å². The van der Waals surface area contributed by atoms with Gasteiger partial charge in [-0.2, -0.15) is 0 Å². The van der Waals surface area contributed by atoms with E-state index in [2.05, 4.69) is 21.2 Å². The van der Waals surface area contributed by atoms with Crippen LogP contribution in [0.5, 0.6) is 5.75 Å². The summed E-state index contributed by atoms with van der Waals surface area (Å²) >= 11 is 3.46. The molecule has 0 spiro atoms. The molecule has 0 unspecified atom stereocenters. The SMILES string of the molecule is CCOc1ccc(N(CC(=O)N(Cc2cccc(Br)c2)[C@H](C)C(=O)NC2CCCCC2)S(=O)(=O)c2ccc(F)cc2)cc1. The Kier molecular flexibility index (Phi) is 11.2. The fourth-order valence-corrected chi connectivity index (χ4v) is 6.98. The molecule has 0 aromatic heterocycles. The molecule has 1 aliphatic carbocycles. The molecule has 1 fully saturated rings. The van der Waals surface area contributed by atoms with Crippen molar-refractivity contribution in [1.29, 1.82) is 0 Å². The third-order valence-electron chi connectivity index (χ3n) is 7.48. The summed E-state index contributed by atoms with van der Waals surface area (Å²) in [6.07, 6.45) is 4.99. The Morgan fingerprint density at radius 2 is 1.70 bits per heavy atom. The summed E-state index contributed by atoms with van der Waals surface area (Å²) < 4.78 is 48.8. The van der Waals surface area contributed by atoms with E-state index in [9.17, 15) is 22.4 Å². The molecule has 1 N–H and O–H groups in total. The molecule has 0 radical (unpaired) electrons. The largest absolute Gasteiger partial charge is 0.494 e. The number of rotatable bonds is 12. The monoisotopic (exact) mass is 673 g/mol. The van der Waals surface area contributed by atoms with E-state index in [1.807, 2.05) is 31.2 Å². The minimum atomic E-state index is -4.30. The normalized spacial score (nSPS) is 14.5. The Bertz CT molecular complexity index is 1500. The predicted molar refractivity (Wildman–Crippen MR) is 168 cm³/mol. The first kappa shape index (κ1) is 32.5. The third kappa shape index (κ3) is 8.57. The maximum Gasteiger partial charge on any atom is 0.264 e. The number of halogens is 2. The standard InChI is InChI=1S/C32H37BrFN3O5S/c1-3-42-29-16-14-28(15-17-29)37(43(40,41)30-18-12-26(34)13-19-30)22-31(38)36(21-24-8-7-9-25(33)20-24)23(2)32(39)35-27-10-5-4-6-11-27/h7-9,12-20,23,27H,3-6,10-11,21-22H2,1-2H3,(H,35,39)/t23-/m1/s1. The van der Waals surface area contributed by atoms with Crippen molar-refractivity contribution in [3.8, 4) is 5.75 Å². The van der Waals surface area contributed by atoms with Gasteiger partial charge in [-0.05, 0) is 92.9 Å². The van der Waals surface area contributed by atoms with E-state index in [0.29, 0.717) is 12.4 Å². The van der Waals surface area contributed by atoms with Gasteiger partial charge in [0.1, 0.15) is 24.2 Å². The Morgan fingerprint density at radius 3 is 2.33 bits per heavy atom. The number of carbonyl (C=O) groups is 2. The lowest BCUT2D eigenvalue weighted by molar-refractivity contribution is -0.139. The Balaban J connectivity index is 1.68. The van der Waals surface area contributed by atoms with E-state index in [1.54, 1.807) is 31.2 Å². The van der Waals surface area contributed by atoms with Crippen LogP contribution in [-0.2, 0) is 26.2 Å². The van der Waals surface area contributed by atoms with Crippen molar-refractivity contribution in [3.05, 3.63) is 88.6 Å². The first-order chi connectivity index (χ1) is 20.6. The molecule has 1 saturated carbocycles. The second kappa shape index (κ2) is 14.8. The van der Waals surface area contributed by atoms with Crippen molar-refractivity contribution in [3.63, 3.8) is 0 Å². The molecular weight excluding hydrogens is 637 g/mol. The number of sulfonamides is 1. The smallest absolute Gasteiger partial charge is 0.264 e. The highest BCUT2D eigenvalue weighted by Gasteiger charge is 2.33. The van der Waals surface area contributed by atoms with Gasteiger partial charge in [0, 0.05) is 17.1 Å². The molecule has 3 aromatic carbocycles. The van der Waals surface area contributed by atoms with Gasteiger partial charge in [0.25, 0.3) is 10.0 Å². The van der Waals surface area contributed by atoms with E-state index in [1.165, 1.54) is 4.90 Å². The zero-order chi connectivity index (χ0) is 31.0. The lowest BCUT2D eigenvalue weighted by Gasteiger charge is -2.33. The maximum atomic E-state index is 14.1.